The molecule has 2 aromatic heterocycles. The van der Waals surface area contributed by atoms with Crippen LogP contribution in [0, 0.1) is 6.92 Å². The smallest absolute Gasteiger partial charge is 0.319 e. The van der Waals surface area contributed by atoms with Crippen molar-refractivity contribution in [2.24, 2.45) is 0 Å². The second-order valence-electron chi connectivity index (χ2n) is 7.52. The van der Waals surface area contributed by atoms with Gasteiger partial charge in [0.1, 0.15) is 19.4 Å². The van der Waals surface area contributed by atoms with Gasteiger partial charge in [0.15, 0.2) is 0 Å². The molecule has 32 heavy (non-hydrogen) atoms. The molecule has 4 aromatic rings. The predicted molar refractivity (Wildman–Crippen MR) is 129 cm³/mol. The van der Waals surface area contributed by atoms with Crippen molar-refractivity contribution in [3.05, 3.63) is 72.4 Å². The van der Waals surface area contributed by atoms with Crippen molar-refractivity contribution in [1.29, 1.82) is 0 Å². The molecule has 0 atom stereocenters. The van der Waals surface area contributed by atoms with E-state index in [1.165, 1.54) is 0 Å². The fourth-order valence-electron chi connectivity index (χ4n) is 3.49. The molecule has 0 aliphatic carbocycles. The van der Waals surface area contributed by atoms with Gasteiger partial charge >= 0.3 is 6.03 Å². The number of carbonyl (C=O) groups excluding carboxylic acids is 1. The van der Waals surface area contributed by atoms with Gasteiger partial charge in [0.25, 0.3) is 0 Å². The summed E-state index contributed by atoms with van der Waals surface area (Å²) in [5.74, 6) is 0.951. The zero-order chi connectivity index (χ0) is 22.5. The van der Waals surface area contributed by atoms with Gasteiger partial charge in [-0.05, 0) is 48.7 Å². The van der Waals surface area contributed by atoms with Crippen LogP contribution in [0.3, 0.4) is 0 Å². The number of aromatic hydroxyl groups is 1. The first-order valence-electron chi connectivity index (χ1n) is 10.4. The zero-order valence-electron chi connectivity index (χ0n) is 17.8. The van der Waals surface area contributed by atoms with E-state index >= 15 is 0 Å². The van der Waals surface area contributed by atoms with Crippen molar-refractivity contribution in [1.82, 2.24) is 14.9 Å². The summed E-state index contributed by atoms with van der Waals surface area (Å²) in [6.07, 6.45) is 2.31. The number of phenolic OH excluding ortho intramolecular Hbond substituents is 1. The summed E-state index contributed by atoms with van der Waals surface area (Å²) in [6.45, 7) is 3.07. The number of pyridine rings is 1. The highest BCUT2D eigenvalue weighted by atomic mass is 16.3. The summed E-state index contributed by atoms with van der Waals surface area (Å²) >= 11 is 0. The Morgan fingerprint density at radius 1 is 1.09 bits per heavy atom. The molecule has 2 amide bonds. The maximum atomic E-state index is 12.1. The number of benzene rings is 2. The number of nitrogens with one attached hydrogen (secondary N) is 3. The number of phenols is 1. The molecule has 0 aliphatic rings. The lowest BCUT2D eigenvalue weighted by molar-refractivity contribution is 0.252. The minimum absolute atomic E-state index is 0.199. The predicted octanol–water partition coefficient (Wildman–Crippen LogP) is 3.43. The number of carbonyl (C=O) groups is 1. The summed E-state index contributed by atoms with van der Waals surface area (Å²) < 4.78 is 1.73. The lowest BCUT2D eigenvalue weighted by Crippen LogP contribution is -2.30. The fourth-order valence-corrected chi connectivity index (χ4v) is 3.49. The highest BCUT2D eigenvalue weighted by Gasteiger charge is 2.11. The van der Waals surface area contributed by atoms with Crippen LogP contribution in [0.1, 0.15) is 12.0 Å². The SMILES string of the molecule is [B]c1cnn2c(NCCCNC(=O)Nc3ccccc3C)cc(-c3ccccc3O)cc12. The van der Waals surface area contributed by atoms with Gasteiger partial charge in [0.05, 0.1) is 5.52 Å². The molecule has 0 spiro atoms. The molecule has 8 heteroatoms. The highest BCUT2D eigenvalue weighted by Crippen LogP contribution is 2.31. The number of nitrogens with zero attached hydrogens (tertiary/aromatic N) is 2. The molecule has 0 bridgehead atoms. The van der Waals surface area contributed by atoms with E-state index in [2.05, 4.69) is 21.0 Å². The van der Waals surface area contributed by atoms with Gasteiger partial charge in [0.2, 0.25) is 0 Å². The lowest BCUT2D eigenvalue weighted by atomic mass is 9.96. The third-order valence-electron chi connectivity index (χ3n) is 5.20. The van der Waals surface area contributed by atoms with Crippen molar-refractivity contribution in [3.8, 4) is 16.9 Å². The van der Waals surface area contributed by atoms with Crippen molar-refractivity contribution < 1.29 is 9.90 Å². The van der Waals surface area contributed by atoms with Crippen LogP contribution in [-0.4, -0.2) is 41.7 Å². The Hall–Kier alpha value is -3.94. The number of hydrogen-bond donors (Lipinski definition) is 4. The maximum absolute atomic E-state index is 12.1. The second-order valence-corrected chi connectivity index (χ2v) is 7.52. The molecular weight excluding hydrogens is 401 g/mol. The van der Waals surface area contributed by atoms with Crippen molar-refractivity contribution in [2.45, 2.75) is 13.3 Å². The monoisotopic (exact) mass is 425 g/mol. The lowest BCUT2D eigenvalue weighted by Gasteiger charge is -2.13. The van der Waals surface area contributed by atoms with E-state index in [4.69, 9.17) is 7.85 Å². The van der Waals surface area contributed by atoms with Crippen LogP contribution in [0.5, 0.6) is 5.75 Å². The quantitative estimate of drug-likeness (QED) is 0.270. The van der Waals surface area contributed by atoms with Crippen molar-refractivity contribution in [3.63, 3.8) is 0 Å². The molecule has 2 heterocycles. The van der Waals surface area contributed by atoms with Crippen LogP contribution in [-0.2, 0) is 0 Å². The Kier molecular flexibility index (Phi) is 6.30. The van der Waals surface area contributed by atoms with E-state index in [-0.39, 0.29) is 11.8 Å². The van der Waals surface area contributed by atoms with Crippen molar-refractivity contribution >= 4 is 36.4 Å². The van der Waals surface area contributed by atoms with E-state index < -0.39 is 0 Å². The van der Waals surface area contributed by atoms with Gasteiger partial charge < -0.3 is 21.1 Å². The van der Waals surface area contributed by atoms with E-state index in [0.717, 1.165) is 28.1 Å². The second kappa shape index (κ2) is 9.47. The summed E-state index contributed by atoms with van der Waals surface area (Å²) in [7, 11) is 6.09. The van der Waals surface area contributed by atoms with Crippen LogP contribution in [0.4, 0.5) is 16.3 Å². The summed E-state index contributed by atoms with van der Waals surface area (Å²) in [4.78, 5) is 12.1. The minimum atomic E-state index is -0.233. The minimum Gasteiger partial charge on any atom is -0.507 e. The normalized spacial score (nSPS) is 10.8. The highest BCUT2D eigenvalue weighted by molar-refractivity contribution is 6.36. The van der Waals surface area contributed by atoms with Gasteiger partial charge in [-0.15, -0.1) is 0 Å². The van der Waals surface area contributed by atoms with E-state index in [1.807, 2.05) is 55.5 Å². The van der Waals surface area contributed by atoms with E-state index in [0.29, 0.717) is 30.5 Å². The average Bonchev–Trinajstić information content (AvgIpc) is 3.16. The van der Waals surface area contributed by atoms with Crippen LogP contribution < -0.4 is 21.4 Å². The summed E-state index contributed by atoms with van der Waals surface area (Å²) in [6, 6.07) is 18.4. The number of amides is 2. The maximum Gasteiger partial charge on any atom is 0.319 e. The van der Waals surface area contributed by atoms with E-state index in [1.54, 1.807) is 22.8 Å². The van der Waals surface area contributed by atoms with Gasteiger partial charge in [-0.2, -0.15) is 5.10 Å². The summed E-state index contributed by atoms with van der Waals surface area (Å²) in [5, 5.41) is 23.7. The average molecular weight is 425 g/mol. The first kappa shape index (κ1) is 21.3. The molecule has 0 unspecified atom stereocenters. The Labute approximate surface area is 187 Å². The standard InChI is InChI=1S/C24H24BN5O2/c1-16-7-2-4-9-20(16)29-24(32)27-12-6-11-26-23-14-17(18-8-3-5-10-22(18)31)13-21-19(25)15-28-30(21)23/h2-5,7-10,13-15,26,31H,6,11-12H2,1H3,(H2,27,29,32). The number of hydrogen-bond acceptors (Lipinski definition) is 4. The third-order valence-corrected chi connectivity index (χ3v) is 5.20. The van der Waals surface area contributed by atoms with Crippen LogP contribution in [0.25, 0.3) is 16.6 Å². The zero-order valence-corrected chi connectivity index (χ0v) is 17.8. The molecule has 4 N–H and O–H groups in total. The topological polar surface area (TPSA) is 90.7 Å². The van der Waals surface area contributed by atoms with Gasteiger partial charge in [0, 0.05) is 30.5 Å². The molecule has 0 saturated carbocycles. The summed E-state index contributed by atoms with van der Waals surface area (Å²) in [5.41, 5.74) is 4.66. The Balaban J connectivity index is 1.38. The Morgan fingerprint density at radius 3 is 2.69 bits per heavy atom. The molecular formula is C24H24BN5O2. The number of fused-ring (bicyclic) bond motifs is 1. The number of para-hydroxylation sites is 2. The number of anilines is 2. The first-order valence-corrected chi connectivity index (χ1v) is 10.4. The molecule has 0 saturated heterocycles. The van der Waals surface area contributed by atoms with Crippen molar-refractivity contribution in [2.75, 3.05) is 23.7 Å². The molecule has 7 nitrogen and oxygen atoms in total. The molecule has 2 radical (unpaired) electrons. The largest absolute Gasteiger partial charge is 0.507 e. The number of aryl methyl sites for hydroxylation is 1. The number of rotatable bonds is 7. The van der Waals surface area contributed by atoms with Gasteiger partial charge in [-0.3, -0.25) is 0 Å². The Bertz CT molecular complexity index is 1250. The third kappa shape index (κ3) is 4.69. The molecule has 0 aliphatic heterocycles. The first-order chi connectivity index (χ1) is 15.5. The molecule has 4 rings (SSSR count). The number of aromatic nitrogens is 2. The molecule has 2 aromatic carbocycles. The molecule has 160 valence electrons. The number of urea groups is 1. The van der Waals surface area contributed by atoms with Gasteiger partial charge in [-0.25, -0.2) is 9.31 Å². The van der Waals surface area contributed by atoms with Crippen LogP contribution in [0.2, 0.25) is 0 Å². The van der Waals surface area contributed by atoms with Crippen LogP contribution >= 0.6 is 0 Å². The fraction of sp³-hybridized carbons (Fsp3) is 0.167. The van der Waals surface area contributed by atoms with Gasteiger partial charge in [-0.1, -0.05) is 41.9 Å². The molecule has 0 fully saturated rings. The van der Waals surface area contributed by atoms with Crippen LogP contribution in [0.15, 0.2) is 66.9 Å². The van der Waals surface area contributed by atoms with E-state index in [9.17, 15) is 9.90 Å². The Morgan fingerprint density at radius 2 is 1.88 bits per heavy atom.